The number of rotatable bonds is 2. The Labute approximate surface area is 113 Å². The van der Waals surface area contributed by atoms with Crippen LogP contribution in [0.1, 0.15) is 29.6 Å². The van der Waals surface area contributed by atoms with E-state index in [0.717, 1.165) is 25.8 Å². The zero-order chi connectivity index (χ0) is 12.3. The second-order valence-electron chi connectivity index (χ2n) is 4.39. The van der Waals surface area contributed by atoms with Gasteiger partial charge in [-0.15, -0.1) is 12.4 Å². The van der Waals surface area contributed by atoms with E-state index in [1.54, 1.807) is 0 Å². The van der Waals surface area contributed by atoms with Crippen LogP contribution < -0.4 is 5.73 Å². The molecule has 0 aliphatic carbocycles. The average molecular weight is 273 g/mol. The number of carbonyl (C=O) groups is 1. The number of nitrogens with two attached hydrogens (primary N) is 1. The molecule has 0 bridgehead atoms. The molecule has 1 atom stereocenters. The molecule has 1 heterocycles. The molecule has 5 heteroatoms. The van der Waals surface area contributed by atoms with Crippen molar-refractivity contribution in [3.05, 3.63) is 35.6 Å². The Morgan fingerprint density at radius 3 is 2.61 bits per heavy atom. The minimum absolute atomic E-state index is 0. The number of hydrogen-bond acceptors (Lipinski definition) is 2. The molecule has 18 heavy (non-hydrogen) atoms. The summed E-state index contributed by atoms with van der Waals surface area (Å²) in [5.41, 5.74) is 6.21. The topological polar surface area (TPSA) is 46.3 Å². The molecule has 2 N–H and O–H groups in total. The first kappa shape index (κ1) is 14.9. The molecule has 100 valence electrons. The van der Waals surface area contributed by atoms with Gasteiger partial charge in [-0.25, -0.2) is 4.39 Å². The molecule has 0 saturated carbocycles. The molecule has 1 unspecified atom stereocenters. The van der Waals surface area contributed by atoms with Crippen LogP contribution in [0, 0.1) is 5.82 Å². The number of carbonyl (C=O) groups excluding carboxylic acids is 1. The average Bonchev–Trinajstić information content (AvgIpc) is 2.39. The van der Waals surface area contributed by atoms with E-state index in [4.69, 9.17) is 5.73 Å². The highest BCUT2D eigenvalue weighted by atomic mass is 35.5. The number of likely N-dealkylation sites (tertiary alicyclic amines) is 1. The van der Waals surface area contributed by atoms with Crippen LogP contribution in [0.2, 0.25) is 0 Å². The molecule has 1 aromatic rings. The fraction of sp³-hybridized carbons (Fsp3) is 0.462. The summed E-state index contributed by atoms with van der Waals surface area (Å²) in [6, 6.07) is 5.81. The second-order valence-corrected chi connectivity index (χ2v) is 4.39. The van der Waals surface area contributed by atoms with Crippen LogP contribution in [0.15, 0.2) is 24.3 Å². The van der Waals surface area contributed by atoms with Crippen molar-refractivity contribution in [3.8, 4) is 0 Å². The quantitative estimate of drug-likeness (QED) is 0.897. The van der Waals surface area contributed by atoms with E-state index in [2.05, 4.69) is 0 Å². The fourth-order valence-corrected chi connectivity index (χ4v) is 2.27. The third-order valence-corrected chi connectivity index (χ3v) is 3.25. The Balaban J connectivity index is 0.00000162. The third kappa shape index (κ3) is 3.21. The largest absolute Gasteiger partial charge is 0.334 e. The van der Waals surface area contributed by atoms with E-state index >= 15 is 0 Å². The molecule has 1 saturated heterocycles. The number of halogens is 2. The molecule has 1 aromatic carbocycles. The summed E-state index contributed by atoms with van der Waals surface area (Å²) in [6.07, 6.45) is 3.10. The highest BCUT2D eigenvalue weighted by Gasteiger charge is 2.26. The fourth-order valence-electron chi connectivity index (χ4n) is 2.27. The molecule has 0 radical (unpaired) electrons. The van der Waals surface area contributed by atoms with Gasteiger partial charge in [0.2, 0.25) is 0 Å². The van der Waals surface area contributed by atoms with Gasteiger partial charge in [0.15, 0.2) is 0 Å². The lowest BCUT2D eigenvalue weighted by Gasteiger charge is -2.35. The maximum atomic E-state index is 12.8. The minimum atomic E-state index is -0.324. The Morgan fingerprint density at radius 2 is 2.00 bits per heavy atom. The van der Waals surface area contributed by atoms with E-state index in [1.807, 2.05) is 4.90 Å². The highest BCUT2D eigenvalue weighted by molar-refractivity contribution is 5.94. The van der Waals surface area contributed by atoms with Crippen molar-refractivity contribution in [1.29, 1.82) is 0 Å². The first-order valence-corrected chi connectivity index (χ1v) is 5.99. The maximum absolute atomic E-state index is 12.8. The van der Waals surface area contributed by atoms with Crippen LogP contribution in [0.3, 0.4) is 0 Å². The van der Waals surface area contributed by atoms with Gasteiger partial charge in [-0.1, -0.05) is 0 Å². The van der Waals surface area contributed by atoms with Crippen LogP contribution in [0.25, 0.3) is 0 Å². The molecular weight excluding hydrogens is 255 g/mol. The van der Waals surface area contributed by atoms with Crippen molar-refractivity contribution in [1.82, 2.24) is 4.90 Å². The summed E-state index contributed by atoms with van der Waals surface area (Å²) >= 11 is 0. The van der Waals surface area contributed by atoms with Crippen LogP contribution in [0.5, 0.6) is 0 Å². The zero-order valence-corrected chi connectivity index (χ0v) is 11.0. The second kappa shape index (κ2) is 6.71. The highest BCUT2D eigenvalue weighted by Crippen LogP contribution is 2.19. The van der Waals surface area contributed by atoms with E-state index in [1.165, 1.54) is 24.3 Å². The van der Waals surface area contributed by atoms with Gasteiger partial charge in [-0.2, -0.15) is 0 Å². The maximum Gasteiger partial charge on any atom is 0.254 e. The molecule has 0 spiro atoms. The van der Waals surface area contributed by atoms with Gasteiger partial charge < -0.3 is 10.6 Å². The Bertz CT molecular complexity index is 396. The van der Waals surface area contributed by atoms with Gasteiger partial charge >= 0.3 is 0 Å². The van der Waals surface area contributed by atoms with Crippen LogP contribution in [-0.4, -0.2) is 29.9 Å². The molecule has 2 rings (SSSR count). The lowest BCUT2D eigenvalue weighted by molar-refractivity contribution is 0.0623. The molecule has 1 aliphatic rings. The molecule has 0 aromatic heterocycles. The Hall–Kier alpha value is -1.13. The van der Waals surface area contributed by atoms with E-state index < -0.39 is 0 Å². The minimum Gasteiger partial charge on any atom is -0.334 e. The zero-order valence-electron chi connectivity index (χ0n) is 10.1. The van der Waals surface area contributed by atoms with Crippen molar-refractivity contribution in [3.63, 3.8) is 0 Å². The first-order chi connectivity index (χ1) is 8.22. The number of piperidine rings is 1. The van der Waals surface area contributed by atoms with Crippen molar-refractivity contribution in [2.24, 2.45) is 5.73 Å². The predicted molar refractivity (Wildman–Crippen MR) is 71.4 cm³/mol. The smallest absolute Gasteiger partial charge is 0.254 e. The van der Waals surface area contributed by atoms with Gasteiger partial charge in [-0.3, -0.25) is 4.79 Å². The summed E-state index contributed by atoms with van der Waals surface area (Å²) in [5.74, 6) is -0.365. The Kier molecular flexibility index (Phi) is 5.56. The van der Waals surface area contributed by atoms with Crippen molar-refractivity contribution < 1.29 is 9.18 Å². The van der Waals surface area contributed by atoms with E-state index in [9.17, 15) is 9.18 Å². The Morgan fingerprint density at radius 1 is 1.33 bits per heavy atom. The van der Waals surface area contributed by atoms with Gasteiger partial charge in [0.1, 0.15) is 5.82 Å². The predicted octanol–water partition coefficient (Wildman–Crippen LogP) is 2.20. The molecule has 3 nitrogen and oxygen atoms in total. The molecular formula is C13H18ClFN2O. The van der Waals surface area contributed by atoms with Crippen LogP contribution >= 0.6 is 12.4 Å². The standard InChI is InChI=1S/C13H17FN2O.ClH/c14-11-6-4-10(5-7-11)13(17)16-8-2-1-3-12(16)9-15;/h4-7,12H,1-3,8-9,15H2;1H. The van der Waals surface area contributed by atoms with Crippen molar-refractivity contribution in [2.75, 3.05) is 13.1 Å². The SMILES string of the molecule is Cl.NCC1CCCCN1C(=O)c1ccc(F)cc1. The lowest BCUT2D eigenvalue weighted by Crippen LogP contribution is -2.47. The van der Waals surface area contributed by atoms with Crippen molar-refractivity contribution in [2.45, 2.75) is 25.3 Å². The number of amides is 1. The first-order valence-electron chi connectivity index (χ1n) is 5.99. The van der Waals surface area contributed by atoms with E-state index in [0.29, 0.717) is 12.1 Å². The molecule has 1 aliphatic heterocycles. The summed E-state index contributed by atoms with van der Waals surface area (Å²) in [6.45, 7) is 1.24. The number of hydrogen-bond donors (Lipinski definition) is 1. The molecule has 1 fully saturated rings. The van der Waals surface area contributed by atoms with Gasteiger partial charge in [-0.05, 0) is 43.5 Å². The third-order valence-electron chi connectivity index (χ3n) is 3.25. The van der Waals surface area contributed by atoms with Crippen molar-refractivity contribution >= 4 is 18.3 Å². The van der Waals surface area contributed by atoms with E-state index in [-0.39, 0.29) is 30.2 Å². The molecule has 1 amide bonds. The summed E-state index contributed by atoms with van der Waals surface area (Å²) in [5, 5.41) is 0. The van der Waals surface area contributed by atoms with Crippen LogP contribution in [0.4, 0.5) is 4.39 Å². The summed E-state index contributed by atoms with van der Waals surface area (Å²) < 4.78 is 12.8. The van der Waals surface area contributed by atoms with Crippen LogP contribution in [-0.2, 0) is 0 Å². The van der Waals surface area contributed by atoms with Gasteiger partial charge in [0.25, 0.3) is 5.91 Å². The summed E-state index contributed by atoms with van der Waals surface area (Å²) in [4.78, 5) is 14.0. The summed E-state index contributed by atoms with van der Waals surface area (Å²) in [7, 11) is 0. The number of nitrogens with zero attached hydrogens (tertiary/aromatic N) is 1. The number of benzene rings is 1. The normalized spacial score (nSPS) is 19.2. The van der Waals surface area contributed by atoms with Gasteiger partial charge in [0.05, 0.1) is 0 Å². The monoisotopic (exact) mass is 272 g/mol. The lowest BCUT2D eigenvalue weighted by atomic mass is 10.0. The van der Waals surface area contributed by atoms with Gasteiger partial charge in [0, 0.05) is 24.7 Å².